The number of carbonyl (C=O) groups excluding carboxylic acids is 1. The fourth-order valence-corrected chi connectivity index (χ4v) is 2.73. The zero-order chi connectivity index (χ0) is 13.7. The van der Waals surface area contributed by atoms with Crippen molar-refractivity contribution in [2.24, 2.45) is 0 Å². The average molecular weight is 326 g/mol. The van der Waals surface area contributed by atoms with Gasteiger partial charge < -0.3 is 10.1 Å². The molecule has 4 heteroatoms. The number of amides is 1. The van der Waals surface area contributed by atoms with E-state index in [9.17, 15) is 4.79 Å². The molecule has 1 amide bonds. The van der Waals surface area contributed by atoms with E-state index in [1.54, 1.807) is 6.92 Å². The van der Waals surface area contributed by atoms with Crippen molar-refractivity contribution in [3.8, 4) is 5.75 Å². The van der Waals surface area contributed by atoms with Crippen LogP contribution in [0.5, 0.6) is 5.75 Å². The third-order valence-electron chi connectivity index (χ3n) is 3.46. The second-order valence-corrected chi connectivity index (χ2v) is 5.89. The average Bonchev–Trinajstić information content (AvgIpc) is 2.42. The molecule has 0 unspecified atom stereocenters. The molecule has 1 N–H and O–H groups in total. The molecular weight excluding hydrogens is 306 g/mol. The molecule has 0 aliphatic heterocycles. The molecule has 0 heterocycles. The van der Waals surface area contributed by atoms with Crippen LogP contribution in [-0.4, -0.2) is 18.1 Å². The van der Waals surface area contributed by atoms with Gasteiger partial charge in [0.2, 0.25) is 0 Å². The van der Waals surface area contributed by atoms with E-state index < -0.39 is 6.10 Å². The van der Waals surface area contributed by atoms with Gasteiger partial charge in [-0.15, -0.1) is 0 Å². The second-order valence-electron chi connectivity index (χ2n) is 5.03. The number of halogens is 1. The van der Waals surface area contributed by atoms with E-state index in [1.165, 1.54) is 19.3 Å². The van der Waals surface area contributed by atoms with E-state index in [4.69, 9.17) is 4.74 Å². The van der Waals surface area contributed by atoms with Gasteiger partial charge in [-0.25, -0.2) is 0 Å². The number of carbonyl (C=O) groups is 1. The molecule has 1 aromatic rings. The Morgan fingerprint density at radius 3 is 2.68 bits per heavy atom. The Morgan fingerprint density at radius 2 is 2.00 bits per heavy atom. The predicted octanol–water partition coefficient (Wildman–Crippen LogP) is 3.67. The number of ether oxygens (including phenoxy) is 1. The summed E-state index contributed by atoms with van der Waals surface area (Å²) in [6, 6.07) is 7.90. The van der Waals surface area contributed by atoms with Gasteiger partial charge in [-0.05, 0) is 47.8 Å². The summed E-state index contributed by atoms with van der Waals surface area (Å²) in [5, 5.41) is 3.08. The van der Waals surface area contributed by atoms with Crippen LogP contribution in [0.2, 0.25) is 0 Å². The summed E-state index contributed by atoms with van der Waals surface area (Å²) in [6.07, 6.45) is 5.42. The molecule has 0 bridgehead atoms. The molecule has 1 aliphatic rings. The van der Waals surface area contributed by atoms with Crippen LogP contribution in [0.25, 0.3) is 0 Å². The maximum absolute atomic E-state index is 12.1. The molecule has 1 fully saturated rings. The van der Waals surface area contributed by atoms with Crippen molar-refractivity contribution in [3.05, 3.63) is 28.7 Å². The predicted molar refractivity (Wildman–Crippen MR) is 79.2 cm³/mol. The molecule has 3 nitrogen and oxygen atoms in total. The standard InChI is InChI=1S/C15H20BrNO2/c1-11(19-14-10-6-5-9-13(14)16)15(18)17-12-7-3-2-4-8-12/h5-6,9-12H,2-4,7-8H2,1H3,(H,17,18)/t11-/m1/s1. The number of nitrogens with one attached hydrogen (secondary N) is 1. The lowest BCUT2D eigenvalue weighted by atomic mass is 9.95. The lowest BCUT2D eigenvalue weighted by Gasteiger charge is -2.24. The van der Waals surface area contributed by atoms with Crippen molar-refractivity contribution >= 4 is 21.8 Å². The molecule has 1 aromatic carbocycles. The van der Waals surface area contributed by atoms with Gasteiger partial charge in [0.15, 0.2) is 6.10 Å². The molecule has 19 heavy (non-hydrogen) atoms. The molecule has 0 radical (unpaired) electrons. The van der Waals surface area contributed by atoms with Crippen LogP contribution >= 0.6 is 15.9 Å². The Bertz CT molecular complexity index is 430. The fraction of sp³-hybridized carbons (Fsp3) is 0.533. The minimum absolute atomic E-state index is 0.0253. The first-order chi connectivity index (χ1) is 9.16. The first-order valence-electron chi connectivity index (χ1n) is 6.88. The minimum atomic E-state index is -0.472. The molecule has 1 atom stereocenters. The number of hydrogen-bond acceptors (Lipinski definition) is 2. The topological polar surface area (TPSA) is 38.3 Å². The van der Waals surface area contributed by atoms with E-state index in [0.29, 0.717) is 11.8 Å². The van der Waals surface area contributed by atoms with Gasteiger partial charge >= 0.3 is 0 Å². The molecule has 1 aliphatic carbocycles. The van der Waals surface area contributed by atoms with Gasteiger partial charge in [-0.3, -0.25) is 4.79 Å². The highest BCUT2D eigenvalue weighted by atomic mass is 79.9. The molecule has 0 spiro atoms. The van der Waals surface area contributed by atoms with Crippen molar-refractivity contribution in [1.29, 1.82) is 0 Å². The third-order valence-corrected chi connectivity index (χ3v) is 4.12. The Labute approximate surface area is 122 Å². The van der Waals surface area contributed by atoms with E-state index in [0.717, 1.165) is 17.3 Å². The summed E-state index contributed by atoms with van der Waals surface area (Å²) >= 11 is 3.42. The Kier molecular flexibility index (Phi) is 5.25. The first-order valence-corrected chi connectivity index (χ1v) is 7.67. The fourth-order valence-electron chi connectivity index (χ4n) is 2.35. The van der Waals surface area contributed by atoms with E-state index in [-0.39, 0.29) is 5.91 Å². The molecule has 0 saturated heterocycles. The number of hydrogen-bond donors (Lipinski definition) is 1. The van der Waals surface area contributed by atoms with E-state index in [1.807, 2.05) is 24.3 Å². The highest BCUT2D eigenvalue weighted by Gasteiger charge is 2.21. The van der Waals surface area contributed by atoms with Crippen LogP contribution in [0.3, 0.4) is 0 Å². The SMILES string of the molecule is C[C@@H](Oc1ccccc1Br)C(=O)NC1CCCCC1. The summed E-state index contributed by atoms with van der Waals surface area (Å²) in [5.74, 6) is 0.677. The number of rotatable bonds is 4. The molecule has 2 rings (SSSR count). The number of benzene rings is 1. The number of para-hydroxylation sites is 1. The highest BCUT2D eigenvalue weighted by molar-refractivity contribution is 9.10. The van der Waals surface area contributed by atoms with Gasteiger partial charge in [0.1, 0.15) is 5.75 Å². The zero-order valence-corrected chi connectivity index (χ0v) is 12.8. The van der Waals surface area contributed by atoms with Gasteiger partial charge in [0.25, 0.3) is 5.91 Å². The zero-order valence-electron chi connectivity index (χ0n) is 11.2. The molecule has 0 aromatic heterocycles. The van der Waals surface area contributed by atoms with Gasteiger partial charge in [-0.2, -0.15) is 0 Å². The van der Waals surface area contributed by atoms with Crippen LogP contribution in [0.4, 0.5) is 0 Å². The van der Waals surface area contributed by atoms with E-state index >= 15 is 0 Å². The monoisotopic (exact) mass is 325 g/mol. The lowest BCUT2D eigenvalue weighted by Crippen LogP contribution is -2.43. The lowest BCUT2D eigenvalue weighted by molar-refractivity contribution is -0.128. The van der Waals surface area contributed by atoms with Crippen molar-refractivity contribution < 1.29 is 9.53 Å². The molecule has 1 saturated carbocycles. The van der Waals surface area contributed by atoms with E-state index in [2.05, 4.69) is 21.2 Å². The Morgan fingerprint density at radius 1 is 1.32 bits per heavy atom. The van der Waals surface area contributed by atoms with Crippen LogP contribution in [-0.2, 0) is 4.79 Å². The normalized spacial score (nSPS) is 17.8. The van der Waals surface area contributed by atoms with Crippen molar-refractivity contribution in [2.45, 2.75) is 51.2 Å². The van der Waals surface area contributed by atoms with Crippen molar-refractivity contribution in [1.82, 2.24) is 5.32 Å². The summed E-state index contributed by atoms with van der Waals surface area (Å²) in [5.41, 5.74) is 0. The van der Waals surface area contributed by atoms with Crippen LogP contribution in [0.1, 0.15) is 39.0 Å². The largest absolute Gasteiger partial charge is 0.480 e. The Hall–Kier alpha value is -1.03. The van der Waals surface area contributed by atoms with Gasteiger partial charge in [0, 0.05) is 6.04 Å². The molecular formula is C15H20BrNO2. The maximum Gasteiger partial charge on any atom is 0.260 e. The summed E-state index contributed by atoms with van der Waals surface area (Å²) in [6.45, 7) is 1.79. The third kappa shape index (κ3) is 4.23. The first kappa shape index (κ1) is 14.4. The van der Waals surface area contributed by atoms with Crippen LogP contribution in [0, 0.1) is 0 Å². The van der Waals surface area contributed by atoms with Gasteiger partial charge in [-0.1, -0.05) is 31.4 Å². The summed E-state index contributed by atoms with van der Waals surface area (Å²) in [4.78, 5) is 12.1. The maximum atomic E-state index is 12.1. The highest BCUT2D eigenvalue weighted by Crippen LogP contribution is 2.25. The van der Waals surface area contributed by atoms with Crippen LogP contribution in [0.15, 0.2) is 28.7 Å². The quantitative estimate of drug-likeness (QED) is 0.917. The van der Waals surface area contributed by atoms with Crippen LogP contribution < -0.4 is 10.1 Å². The summed E-state index contributed by atoms with van der Waals surface area (Å²) in [7, 11) is 0. The van der Waals surface area contributed by atoms with Crippen molar-refractivity contribution in [2.75, 3.05) is 0 Å². The van der Waals surface area contributed by atoms with Crippen molar-refractivity contribution in [3.63, 3.8) is 0 Å². The smallest absolute Gasteiger partial charge is 0.260 e. The minimum Gasteiger partial charge on any atom is -0.480 e. The van der Waals surface area contributed by atoms with Gasteiger partial charge in [0.05, 0.1) is 4.47 Å². The summed E-state index contributed by atoms with van der Waals surface area (Å²) < 4.78 is 6.56. The molecule has 104 valence electrons. The Balaban J connectivity index is 1.87. The second kappa shape index (κ2) is 6.94.